The zero-order chi connectivity index (χ0) is 16.9. The van der Waals surface area contributed by atoms with Crippen LogP contribution in [0.4, 0.5) is 0 Å². The van der Waals surface area contributed by atoms with Crippen LogP contribution in [0.25, 0.3) is 0 Å². The maximum atomic E-state index is 5.68. The molecule has 1 aromatic rings. The van der Waals surface area contributed by atoms with Gasteiger partial charge in [-0.3, -0.25) is 4.99 Å². The number of likely N-dealkylation sites (tertiary alicyclic amines) is 1. The summed E-state index contributed by atoms with van der Waals surface area (Å²) in [7, 11) is 0. The van der Waals surface area contributed by atoms with Crippen molar-refractivity contribution in [3.63, 3.8) is 0 Å². The highest BCUT2D eigenvalue weighted by molar-refractivity contribution is 5.80. The van der Waals surface area contributed by atoms with Crippen molar-refractivity contribution in [2.45, 2.75) is 32.1 Å². The van der Waals surface area contributed by atoms with Gasteiger partial charge in [-0.15, -0.1) is 0 Å². The van der Waals surface area contributed by atoms with E-state index >= 15 is 0 Å². The number of aliphatic imine (C=N–C) groups is 1. The molecule has 1 saturated carbocycles. The largest absolute Gasteiger partial charge is 0.381 e. The molecule has 1 N–H and O–H groups in total. The quantitative estimate of drug-likeness (QED) is 0.679. The highest BCUT2D eigenvalue weighted by atomic mass is 16.5. The van der Waals surface area contributed by atoms with Crippen molar-refractivity contribution in [1.29, 1.82) is 0 Å². The van der Waals surface area contributed by atoms with E-state index in [1.807, 2.05) is 0 Å². The van der Waals surface area contributed by atoms with E-state index in [1.165, 1.54) is 19.3 Å². The molecule has 25 heavy (non-hydrogen) atoms. The van der Waals surface area contributed by atoms with Crippen LogP contribution in [0.1, 0.15) is 36.8 Å². The third-order valence-electron chi connectivity index (χ3n) is 6.91. The fraction of sp³-hybridized carbons (Fsp3) is 0.667. The summed E-state index contributed by atoms with van der Waals surface area (Å²) < 4.78 is 5.68. The summed E-state index contributed by atoms with van der Waals surface area (Å²) in [6.07, 6.45) is 3.73. The van der Waals surface area contributed by atoms with E-state index < -0.39 is 0 Å². The molecule has 0 bridgehead atoms. The van der Waals surface area contributed by atoms with Gasteiger partial charge in [0.05, 0.1) is 6.61 Å². The summed E-state index contributed by atoms with van der Waals surface area (Å²) in [6, 6.07) is 9.01. The molecule has 0 amide bonds. The van der Waals surface area contributed by atoms with Crippen LogP contribution in [0, 0.1) is 17.3 Å². The molecule has 1 spiro atoms. The van der Waals surface area contributed by atoms with E-state index in [9.17, 15) is 0 Å². The second kappa shape index (κ2) is 6.01. The van der Waals surface area contributed by atoms with Gasteiger partial charge in [-0.25, -0.2) is 0 Å². The number of ether oxygens (including phenoxy) is 1. The number of hydrogen-bond donors (Lipinski definition) is 1. The van der Waals surface area contributed by atoms with Crippen LogP contribution < -0.4 is 5.32 Å². The fourth-order valence-corrected chi connectivity index (χ4v) is 5.44. The lowest BCUT2D eigenvalue weighted by Gasteiger charge is -2.25. The van der Waals surface area contributed by atoms with Crippen molar-refractivity contribution in [3.05, 3.63) is 35.4 Å². The topological polar surface area (TPSA) is 36.9 Å². The Balaban J connectivity index is 1.25. The summed E-state index contributed by atoms with van der Waals surface area (Å²) in [6.45, 7) is 8.20. The van der Waals surface area contributed by atoms with Gasteiger partial charge in [0.2, 0.25) is 0 Å². The third-order valence-corrected chi connectivity index (χ3v) is 6.91. The Kier molecular flexibility index (Phi) is 3.77. The minimum Gasteiger partial charge on any atom is -0.381 e. The summed E-state index contributed by atoms with van der Waals surface area (Å²) in [5, 5.41) is 3.53. The average molecular weight is 339 g/mol. The fourth-order valence-electron chi connectivity index (χ4n) is 5.44. The van der Waals surface area contributed by atoms with Crippen LogP contribution in [0.15, 0.2) is 29.3 Å². The molecular formula is C21H29N3O. The van der Waals surface area contributed by atoms with Crippen LogP contribution in [0.2, 0.25) is 0 Å². The Morgan fingerprint density at radius 3 is 3.12 bits per heavy atom. The van der Waals surface area contributed by atoms with Gasteiger partial charge in [0, 0.05) is 38.2 Å². The lowest BCUT2D eigenvalue weighted by molar-refractivity contribution is 0.156. The standard InChI is InChI=1S/C21H29N3O/c1-2-22-20(24-9-7-21(13-24)8-10-25-14-21)23-12-18-17-11-15-5-3-4-6-16(15)19(17)18/h3-6,17-19H,2,7-14H2,1H3,(H,22,23). The Hall–Kier alpha value is -1.55. The van der Waals surface area contributed by atoms with Gasteiger partial charge in [0.15, 0.2) is 5.96 Å². The van der Waals surface area contributed by atoms with Crippen molar-refractivity contribution in [3.8, 4) is 0 Å². The summed E-state index contributed by atoms with van der Waals surface area (Å²) >= 11 is 0. The van der Waals surface area contributed by atoms with Crippen LogP contribution in [-0.4, -0.2) is 50.3 Å². The van der Waals surface area contributed by atoms with Gasteiger partial charge in [0.1, 0.15) is 0 Å². The lowest BCUT2D eigenvalue weighted by atomic mass is 9.87. The molecule has 4 heteroatoms. The first-order valence-corrected chi connectivity index (χ1v) is 9.98. The minimum atomic E-state index is 0.394. The molecule has 2 aliphatic heterocycles. The molecule has 2 aliphatic carbocycles. The maximum Gasteiger partial charge on any atom is 0.193 e. The van der Waals surface area contributed by atoms with E-state index in [4.69, 9.17) is 9.73 Å². The van der Waals surface area contributed by atoms with Gasteiger partial charge < -0.3 is 15.0 Å². The lowest BCUT2D eigenvalue weighted by Crippen LogP contribution is -2.41. The molecule has 2 heterocycles. The predicted octanol–water partition coefficient (Wildman–Crippen LogP) is 2.65. The molecule has 5 rings (SSSR count). The van der Waals surface area contributed by atoms with E-state index in [1.54, 1.807) is 11.1 Å². The van der Waals surface area contributed by atoms with Gasteiger partial charge in [0.25, 0.3) is 0 Å². The molecule has 4 nitrogen and oxygen atoms in total. The monoisotopic (exact) mass is 339 g/mol. The molecule has 4 atom stereocenters. The molecule has 4 unspecified atom stereocenters. The number of fused-ring (bicyclic) bond motifs is 3. The zero-order valence-electron chi connectivity index (χ0n) is 15.2. The second-order valence-electron chi connectivity index (χ2n) is 8.43. The van der Waals surface area contributed by atoms with Crippen LogP contribution in [0.5, 0.6) is 0 Å². The first kappa shape index (κ1) is 15.7. The Morgan fingerprint density at radius 2 is 2.28 bits per heavy atom. The number of hydrogen-bond acceptors (Lipinski definition) is 2. The van der Waals surface area contributed by atoms with Crippen molar-refractivity contribution in [2.75, 3.05) is 39.4 Å². The summed E-state index contributed by atoms with van der Waals surface area (Å²) in [5.41, 5.74) is 3.57. The number of nitrogens with one attached hydrogen (secondary N) is 1. The van der Waals surface area contributed by atoms with Gasteiger partial charge in [-0.1, -0.05) is 24.3 Å². The number of rotatable bonds is 3. The smallest absolute Gasteiger partial charge is 0.193 e. The van der Waals surface area contributed by atoms with Crippen LogP contribution in [-0.2, 0) is 11.2 Å². The molecular weight excluding hydrogens is 310 g/mol. The van der Waals surface area contributed by atoms with Crippen LogP contribution >= 0.6 is 0 Å². The van der Waals surface area contributed by atoms with E-state index in [-0.39, 0.29) is 0 Å². The molecule has 0 radical (unpaired) electrons. The van der Waals surface area contributed by atoms with Crippen molar-refractivity contribution in [1.82, 2.24) is 10.2 Å². The number of benzene rings is 1. The van der Waals surface area contributed by atoms with Gasteiger partial charge in [-0.05, 0) is 55.1 Å². The van der Waals surface area contributed by atoms with E-state index in [0.717, 1.165) is 63.1 Å². The normalized spacial score (nSPS) is 36.0. The van der Waals surface area contributed by atoms with Crippen molar-refractivity contribution in [2.24, 2.45) is 22.2 Å². The van der Waals surface area contributed by atoms with Gasteiger partial charge >= 0.3 is 0 Å². The predicted molar refractivity (Wildman–Crippen MR) is 99.9 cm³/mol. The average Bonchev–Trinajstić information content (AvgIpc) is 3.06. The Labute approximate surface area is 150 Å². The zero-order valence-corrected chi connectivity index (χ0v) is 15.2. The molecule has 1 aromatic carbocycles. The van der Waals surface area contributed by atoms with E-state index in [0.29, 0.717) is 5.41 Å². The maximum absolute atomic E-state index is 5.68. The van der Waals surface area contributed by atoms with Crippen LogP contribution in [0.3, 0.4) is 0 Å². The molecule has 4 aliphatic rings. The first-order valence-electron chi connectivity index (χ1n) is 9.98. The number of guanidine groups is 1. The third kappa shape index (κ3) is 2.66. The Morgan fingerprint density at radius 1 is 1.36 bits per heavy atom. The second-order valence-corrected chi connectivity index (χ2v) is 8.43. The minimum absolute atomic E-state index is 0.394. The highest BCUT2D eigenvalue weighted by Gasteiger charge is 2.55. The Bertz CT molecular complexity index is 679. The molecule has 0 aromatic heterocycles. The van der Waals surface area contributed by atoms with E-state index in [2.05, 4.69) is 41.4 Å². The number of nitrogens with zero attached hydrogens (tertiary/aromatic N) is 2. The summed E-state index contributed by atoms with van der Waals surface area (Å²) in [4.78, 5) is 7.53. The summed E-state index contributed by atoms with van der Waals surface area (Å²) in [5.74, 6) is 3.51. The van der Waals surface area contributed by atoms with Gasteiger partial charge in [-0.2, -0.15) is 0 Å². The molecule has 3 fully saturated rings. The van der Waals surface area contributed by atoms with Crippen molar-refractivity contribution < 1.29 is 4.74 Å². The van der Waals surface area contributed by atoms with Crippen molar-refractivity contribution >= 4 is 5.96 Å². The first-order chi connectivity index (χ1) is 12.3. The highest BCUT2D eigenvalue weighted by Crippen LogP contribution is 2.61. The SMILES string of the molecule is CCNC(=NCC1C2Cc3ccccc3C12)N1CCC2(CCOC2)C1. The molecule has 134 valence electrons. The molecule has 2 saturated heterocycles.